The number of nitrogens with one attached hydrogen (secondary N) is 2. The fraction of sp³-hybridized carbons (Fsp3) is 0. The van der Waals surface area contributed by atoms with Crippen LogP contribution in [0.4, 0.5) is 11.5 Å². The molecule has 0 radical (unpaired) electrons. The summed E-state index contributed by atoms with van der Waals surface area (Å²) in [5.74, 6) is 5.13. The molecule has 2 heterocycles. The van der Waals surface area contributed by atoms with Gasteiger partial charge in [-0.25, -0.2) is 10.8 Å². The van der Waals surface area contributed by atoms with Crippen LogP contribution in [0, 0.1) is 0 Å². The number of carbonyl (C=O) groups excluding carboxylic acids is 1. The van der Waals surface area contributed by atoms with Gasteiger partial charge in [0.25, 0.3) is 5.91 Å². The lowest BCUT2D eigenvalue weighted by Gasteiger charge is -2.05. The molecule has 0 fully saturated rings. The molecule has 0 spiro atoms. The van der Waals surface area contributed by atoms with Crippen molar-refractivity contribution in [3.05, 3.63) is 35.3 Å². The summed E-state index contributed by atoms with van der Waals surface area (Å²) in [7, 11) is 0. The molecule has 8 heteroatoms. The van der Waals surface area contributed by atoms with E-state index >= 15 is 0 Å². The molecule has 0 aliphatic carbocycles. The monoisotopic (exact) mass is 253 g/mol. The molecule has 0 aromatic carbocycles. The standard InChI is InChI=1S/C9H8ClN5O2/c10-7-1-5(2-8(14-7)15-11)9(16)13-6-3-12-17-4-6/h1-4H,11H2,(H,13,16)(H,14,15). The molecule has 2 rings (SSSR count). The highest BCUT2D eigenvalue weighted by Crippen LogP contribution is 2.15. The van der Waals surface area contributed by atoms with Crippen LogP contribution in [0.15, 0.2) is 29.1 Å². The van der Waals surface area contributed by atoms with Crippen molar-refractivity contribution in [1.29, 1.82) is 0 Å². The van der Waals surface area contributed by atoms with E-state index in [1.807, 2.05) is 0 Å². The SMILES string of the molecule is NNc1cc(C(=O)Nc2cnoc2)cc(Cl)n1. The predicted molar refractivity (Wildman–Crippen MR) is 61.5 cm³/mol. The Morgan fingerprint density at radius 3 is 2.94 bits per heavy atom. The van der Waals surface area contributed by atoms with Gasteiger partial charge in [-0.2, -0.15) is 0 Å². The van der Waals surface area contributed by atoms with Crippen molar-refractivity contribution in [3.8, 4) is 0 Å². The van der Waals surface area contributed by atoms with Crippen molar-refractivity contribution in [2.45, 2.75) is 0 Å². The summed E-state index contributed by atoms with van der Waals surface area (Å²) in [6.45, 7) is 0. The van der Waals surface area contributed by atoms with E-state index in [2.05, 4.69) is 25.4 Å². The first-order valence-corrected chi connectivity index (χ1v) is 4.92. The number of anilines is 2. The largest absolute Gasteiger partial charge is 0.363 e. The number of hydrogen-bond donors (Lipinski definition) is 3. The Balaban J connectivity index is 2.21. The molecule has 0 unspecified atom stereocenters. The maximum absolute atomic E-state index is 11.8. The first kappa shape index (κ1) is 11.4. The van der Waals surface area contributed by atoms with Gasteiger partial charge in [-0.1, -0.05) is 16.8 Å². The Morgan fingerprint density at radius 2 is 2.29 bits per heavy atom. The number of hydrazine groups is 1. The zero-order chi connectivity index (χ0) is 12.3. The zero-order valence-corrected chi connectivity index (χ0v) is 9.23. The second-order valence-corrected chi connectivity index (χ2v) is 3.46. The minimum Gasteiger partial charge on any atom is -0.363 e. The third-order valence-corrected chi connectivity index (χ3v) is 2.09. The molecule has 0 aliphatic heterocycles. The lowest BCUT2D eigenvalue weighted by atomic mass is 10.2. The topological polar surface area (TPSA) is 106 Å². The quantitative estimate of drug-likeness (QED) is 0.432. The normalized spacial score (nSPS) is 10.0. The highest BCUT2D eigenvalue weighted by molar-refractivity contribution is 6.30. The van der Waals surface area contributed by atoms with Crippen LogP contribution in [0.3, 0.4) is 0 Å². The van der Waals surface area contributed by atoms with Crippen molar-refractivity contribution < 1.29 is 9.32 Å². The number of nitrogens with zero attached hydrogens (tertiary/aromatic N) is 2. The first-order valence-electron chi connectivity index (χ1n) is 4.54. The van der Waals surface area contributed by atoms with Crippen LogP contribution in [0.25, 0.3) is 0 Å². The molecule has 88 valence electrons. The van der Waals surface area contributed by atoms with Gasteiger partial charge in [0.2, 0.25) is 0 Å². The summed E-state index contributed by atoms with van der Waals surface area (Å²) >= 11 is 5.74. The van der Waals surface area contributed by atoms with Gasteiger partial charge in [-0.3, -0.25) is 4.79 Å². The van der Waals surface area contributed by atoms with Crippen LogP contribution in [0.1, 0.15) is 10.4 Å². The van der Waals surface area contributed by atoms with Crippen LogP contribution in [0.5, 0.6) is 0 Å². The minimum atomic E-state index is -0.367. The molecule has 2 aromatic heterocycles. The van der Waals surface area contributed by atoms with Crippen LogP contribution < -0.4 is 16.6 Å². The van der Waals surface area contributed by atoms with E-state index in [4.69, 9.17) is 17.4 Å². The molecular formula is C9H8ClN5O2. The van der Waals surface area contributed by atoms with Crippen molar-refractivity contribution in [2.75, 3.05) is 10.7 Å². The van der Waals surface area contributed by atoms with Crippen molar-refractivity contribution in [2.24, 2.45) is 5.84 Å². The second-order valence-electron chi connectivity index (χ2n) is 3.08. The highest BCUT2D eigenvalue weighted by atomic mass is 35.5. The Kier molecular flexibility index (Phi) is 3.22. The number of hydrogen-bond acceptors (Lipinski definition) is 6. The summed E-state index contributed by atoms with van der Waals surface area (Å²) in [6, 6.07) is 2.89. The molecule has 2 aromatic rings. The van der Waals surface area contributed by atoms with E-state index in [9.17, 15) is 4.79 Å². The molecule has 4 N–H and O–H groups in total. The summed E-state index contributed by atoms with van der Waals surface area (Å²) in [6.07, 6.45) is 2.69. The lowest BCUT2D eigenvalue weighted by molar-refractivity contribution is 0.102. The third kappa shape index (κ3) is 2.71. The van der Waals surface area contributed by atoms with Gasteiger partial charge in [-0.15, -0.1) is 0 Å². The Morgan fingerprint density at radius 1 is 1.47 bits per heavy atom. The number of halogens is 1. The molecule has 1 amide bonds. The fourth-order valence-electron chi connectivity index (χ4n) is 1.17. The number of nitrogen functional groups attached to an aromatic ring is 1. The number of amides is 1. The first-order chi connectivity index (χ1) is 8.19. The smallest absolute Gasteiger partial charge is 0.256 e. The number of carbonyl (C=O) groups is 1. The zero-order valence-electron chi connectivity index (χ0n) is 8.48. The average molecular weight is 254 g/mol. The lowest BCUT2D eigenvalue weighted by Crippen LogP contribution is -2.14. The van der Waals surface area contributed by atoms with Crippen molar-refractivity contribution in [3.63, 3.8) is 0 Å². The van der Waals surface area contributed by atoms with E-state index in [-0.39, 0.29) is 11.1 Å². The molecule has 0 aliphatic rings. The van der Waals surface area contributed by atoms with E-state index < -0.39 is 0 Å². The van der Waals surface area contributed by atoms with Crippen molar-refractivity contribution in [1.82, 2.24) is 10.1 Å². The maximum atomic E-state index is 11.8. The van der Waals surface area contributed by atoms with Gasteiger partial charge in [0, 0.05) is 5.56 Å². The minimum absolute atomic E-state index is 0.163. The molecule has 7 nitrogen and oxygen atoms in total. The highest BCUT2D eigenvalue weighted by Gasteiger charge is 2.10. The predicted octanol–water partition coefficient (Wildman–Crippen LogP) is 1.26. The van der Waals surface area contributed by atoms with E-state index in [0.29, 0.717) is 17.1 Å². The number of aromatic nitrogens is 2. The maximum Gasteiger partial charge on any atom is 0.256 e. The van der Waals surface area contributed by atoms with Crippen LogP contribution in [-0.2, 0) is 0 Å². The number of nitrogens with two attached hydrogens (primary N) is 1. The number of pyridine rings is 1. The summed E-state index contributed by atoms with van der Waals surface area (Å²) in [5.41, 5.74) is 3.08. The summed E-state index contributed by atoms with van der Waals surface area (Å²) in [4.78, 5) is 15.6. The van der Waals surface area contributed by atoms with Gasteiger partial charge < -0.3 is 15.3 Å². The third-order valence-electron chi connectivity index (χ3n) is 1.89. The van der Waals surface area contributed by atoms with Gasteiger partial charge in [0.1, 0.15) is 22.9 Å². The molecule has 0 atom stereocenters. The van der Waals surface area contributed by atoms with E-state index in [1.54, 1.807) is 0 Å². The molecule has 0 bridgehead atoms. The van der Waals surface area contributed by atoms with Crippen molar-refractivity contribution >= 4 is 29.0 Å². The molecule has 0 saturated carbocycles. The van der Waals surface area contributed by atoms with Crippen LogP contribution in [-0.4, -0.2) is 16.0 Å². The van der Waals surface area contributed by atoms with Gasteiger partial charge >= 0.3 is 0 Å². The Hall–Kier alpha value is -2.12. The van der Waals surface area contributed by atoms with Gasteiger partial charge in [0.15, 0.2) is 0 Å². The molecule has 17 heavy (non-hydrogen) atoms. The summed E-state index contributed by atoms with van der Waals surface area (Å²) in [5, 5.41) is 6.19. The summed E-state index contributed by atoms with van der Waals surface area (Å²) < 4.78 is 4.58. The molecule has 0 saturated heterocycles. The van der Waals surface area contributed by atoms with E-state index in [0.717, 1.165) is 0 Å². The average Bonchev–Trinajstić information content (AvgIpc) is 2.81. The second kappa shape index (κ2) is 4.81. The molecular weight excluding hydrogens is 246 g/mol. The van der Waals surface area contributed by atoms with Gasteiger partial charge in [0.05, 0.1) is 6.20 Å². The number of rotatable bonds is 3. The Bertz CT molecular complexity index is 528. The fourth-order valence-corrected chi connectivity index (χ4v) is 1.38. The van der Waals surface area contributed by atoms with E-state index in [1.165, 1.54) is 24.6 Å². The van der Waals surface area contributed by atoms with Crippen LogP contribution in [0.2, 0.25) is 5.15 Å². The Labute approximate surface area is 101 Å². The van der Waals surface area contributed by atoms with Crippen LogP contribution >= 0.6 is 11.6 Å². The van der Waals surface area contributed by atoms with Gasteiger partial charge in [-0.05, 0) is 12.1 Å².